The lowest BCUT2D eigenvalue weighted by Crippen LogP contribution is -2.22. The second-order valence-electron chi connectivity index (χ2n) is 3.25. The van der Waals surface area contributed by atoms with E-state index < -0.39 is 11.7 Å². The summed E-state index contributed by atoms with van der Waals surface area (Å²) in [7, 11) is 0. The summed E-state index contributed by atoms with van der Waals surface area (Å²) in [6, 6.07) is 3.28. The van der Waals surface area contributed by atoms with Crippen molar-refractivity contribution in [3.63, 3.8) is 0 Å². The number of nitriles is 1. The highest BCUT2D eigenvalue weighted by Gasteiger charge is 2.13. The molecule has 1 rings (SSSR count). The van der Waals surface area contributed by atoms with Crippen molar-refractivity contribution in [2.24, 2.45) is 10.8 Å². The molecule has 0 heterocycles. The van der Waals surface area contributed by atoms with Crippen LogP contribution < -0.4 is 11.2 Å². The van der Waals surface area contributed by atoms with Crippen LogP contribution in [-0.4, -0.2) is 11.5 Å². The average molecular weight is 377 g/mol. The van der Waals surface area contributed by atoms with Gasteiger partial charge in [0.2, 0.25) is 5.71 Å². The molecule has 0 fully saturated rings. The number of hydrazone groups is 1. The first-order chi connectivity index (χ1) is 8.38. The second kappa shape index (κ2) is 5.93. The molecule has 8 heteroatoms. The Kier molecular flexibility index (Phi) is 4.81. The molecule has 0 radical (unpaired) electrons. The van der Waals surface area contributed by atoms with Gasteiger partial charge in [0.25, 0.3) is 0 Å². The van der Waals surface area contributed by atoms with E-state index in [9.17, 15) is 4.39 Å². The van der Waals surface area contributed by atoms with Crippen LogP contribution in [-0.2, 0) is 0 Å². The molecule has 0 saturated carbocycles. The van der Waals surface area contributed by atoms with Gasteiger partial charge in [0, 0.05) is 14.5 Å². The molecule has 0 atom stereocenters. The van der Waals surface area contributed by atoms with E-state index in [1.165, 1.54) is 0 Å². The number of nitrogens with one attached hydrogen (secondary N) is 2. The van der Waals surface area contributed by atoms with Crippen LogP contribution in [0.25, 0.3) is 0 Å². The number of amidine groups is 1. The molecule has 5 nitrogen and oxygen atoms in total. The predicted molar refractivity (Wildman–Crippen MR) is 75.1 cm³/mol. The smallest absolute Gasteiger partial charge is 0.201 e. The summed E-state index contributed by atoms with van der Waals surface area (Å²) in [5.41, 5.74) is 7.66. The minimum atomic E-state index is -0.513. The number of benzene rings is 1. The Labute approximate surface area is 120 Å². The average Bonchev–Trinajstić information content (AvgIpc) is 2.30. The van der Waals surface area contributed by atoms with Crippen molar-refractivity contribution in [3.8, 4) is 6.07 Å². The first-order valence-corrected chi connectivity index (χ1v) is 6.19. The molecule has 94 valence electrons. The zero-order chi connectivity index (χ0) is 13.9. The number of anilines is 1. The van der Waals surface area contributed by atoms with Crippen LogP contribution in [0.2, 0.25) is 0 Å². The zero-order valence-corrected chi connectivity index (χ0v) is 12.4. The first kappa shape index (κ1) is 14.6. The fourth-order valence-electron chi connectivity index (χ4n) is 1.05. The molecule has 0 spiro atoms. The third-order valence-electron chi connectivity index (χ3n) is 2.04. The summed E-state index contributed by atoms with van der Waals surface area (Å²) in [6.07, 6.45) is 0. The normalized spacial score (nSPS) is 10.9. The zero-order valence-electron chi connectivity index (χ0n) is 9.18. The van der Waals surface area contributed by atoms with E-state index in [0.29, 0.717) is 14.5 Å². The van der Waals surface area contributed by atoms with E-state index in [0.717, 1.165) is 0 Å². The molecule has 0 aliphatic heterocycles. The third-order valence-corrected chi connectivity index (χ3v) is 3.49. The van der Waals surface area contributed by atoms with Crippen molar-refractivity contribution in [2.75, 3.05) is 5.43 Å². The van der Waals surface area contributed by atoms with Gasteiger partial charge in [-0.1, -0.05) is 15.9 Å². The summed E-state index contributed by atoms with van der Waals surface area (Å²) in [4.78, 5) is 0. The Morgan fingerprint density at radius 1 is 1.56 bits per heavy atom. The molecule has 0 aliphatic rings. The number of halogens is 3. The van der Waals surface area contributed by atoms with Gasteiger partial charge in [-0.15, -0.1) is 0 Å². The minimum Gasteiger partial charge on any atom is -0.382 e. The van der Waals surface area contributed by atoms with Crippen molar-refractivity contribution >= 4 is 49.1 Å². The van der Waals surface area contributed by atoms with Crippen molar-refractivity contribution in [3.05, 3.63) is 26.4 Å². The topological polar surface area (TPSA) is 98.0 Å². The quantitative estimate of drug-likeness (QED) is 0.429. The Hall–Kier alpha value is -1.46. The highest BCUT2D eigenvalue weighted by atomic mass is 79.9. The Balaban J connectivity index is 3.18. The van der Waals surface area contributed by atoms with E-state index in [1.54, 1.807) is 19.1 Å². The third kappa shape index (κ3) is 3.05. The molecule has 0 aliphatic carbocycles. The lowest BCUT2D eigenvalue weighted by atomic mass is 10.2. The van der Waals surface area contributed by atoms with Gasteiger partial charge in [0.15, 0.2) is 11.7 Å². The summed E-state index contributed by atoms with van der Waals surface area (Å²) >= 11 is 6.38. The van der Waals surface area contributed by atoms with Crippen LogP contribution >= 0.6 is 31.9 Å². The van der Waals surface area contributed by atoms with E-state index >= 15 is 0 Å². The van der Waals surface area contributed by atoms with E-state index in [-0.39, 0.29) is 11.4 Å². The van der Waals surface area contributed by atoms with E-state index in [2.05, 4.69) is 42.4 Å². The van der Waals surface area contributed by atoms with Crippen molar-refractivity contribution in [1.82, 2.24) is 0 Å². The largest absolute Gasteiger partial charge is 0.382 e. The van der Waals surface area contributed by atoms with Crippen LogP contribution in [0.3, 0.4) is 0 Å². The first-order valence-electron chi connectivity index (χ1n) is 4.60. The minimum absolute atomic E-state index is 0.0738. The molecule has 0 saturated heterocycles. The maximum Gasteiger partial charge on any atom is 0.201 e. The molecule has 4 N–H and O–H groups in total. The fourth-order valence-corrected chi connectivity index (χ4v) is 2.25. The lowest BCUT2D eigenvalue weighted by molar-refractivity contribution is 0.619. The summed E-state index contributed by atoms with van der Waals surface area (Å²) in [5.74, 6) is -1.00. The van der Waals surface area contributed by atoms with E-state index in [4.69, 9.17) is 16.4 Å². The van der Waals surface area contributed by atoms with E-state index in [1.807, 2.05) is 0 Å². The van der Waals surface area contributed by atoms with Crippen molar-refractivity contribution < 1.29 is 4.39 Å². The highest BCUT2D eigenvalue weighted by molar-refractivity contribution is 9.11. The van der Waals surface area contributed by atoms with Gasteiger partial charge in [-0.05, 0) is 28.9 Å². The SMILES string of the molecule is Cc1c(Br)cc(Br)c(N/N=C(\C#N)C(=N)N)c1F. The maximum atomic E-state index is 13.9. The number of nitrogens with two attached hydrogens (primary N) is 1. The summed E-state index contributed by atoms with van der Waals surface area (Å²) in [6.45, 7) is 1.59. The molecule has 0 amide bonds. The summed E-state index contributed by atoms with van der Waals surface area (Å²) in [5, 5.41) is 19.3. The van der Waals surface area contributed by atoms with Crippen LogP contribution in [0.4, 0.5) is 10.1 Å². The van der Waals surface area contributed by atoms with Crippen LogP contribution in [0.15, 0.2) is 20.1 Å². The number of hydrogen-bond acceptors (Lipinski definition) is 4. The van der Waals surface area contributed by atoms with Gasteiger partial charge in [-0.2, -0.15) is 10.4 Å². The Morgan fingerprint density at radius 2 is 2.17 bits per heavy atom. The van der Waals surface area contributed by atoms with Crippen molar-refractivity contribution in [1.29, 1.82) is 10.7 Å². The van der Waals surface area contributed by atoms with Gasteiger partial charge in [-0.3, -0.25) is 10.8 Å². The lowest BCUT2D eigenvalue weighted by Gasteiger charge is -2.09. The Bertz CT molecular complexity index is 577. The number of rotatable bonds is 3. The van der Waals surface area contributed by atoms with Crippen LogP contribution in [0, 0.1) is 29.5 Å². The maximum absolute atomic E-state index is 13.9. The number of nitrogens with zero attached hydrogens (tertiary/aromatic N) is 2. The van der Waals surface area contributed by atoms with Gasteiger partial charge >= 0.3 is 0 Å². The molecule has 0 bridgehead atoms. The molecular weight excluding hydrogens is 369 g/mol. The van der Waals surface area contributed by atoms with Gasteiger partial charge < -0.3 is 5.73 Å². The fraction of sp³-hybridized carbons (Fsp3) is 0.100. The van der Waals surface area contributed by atoms with Gasteiger partial charge in [-0.25, -0.2) is 4.39 Å². The van der Waals surface area contributed by atoms with Gasteiger partial charge in [0.1, 0.15) is 11.8 Å². The predicted octanol–water partition coefficient (Wildman–Crippen LogP) is 2.89. The van der Waals surface area contributed by atoms with Gasteiger partial charge in [0.05, 0.1) is 0 Å². The van der Waals surface area contributed by atoms with Crippen LogP contribution in [0.1, 0.15) is 5.56 Å². The molecule has 18 heavy (non-hydrogen) atoms. The molecular formula is C10H8Br2FN5. The highest BCUT2D eigenvalue weighted by Crippen LogP contribution is 2.33. The number of hydrogen-bond donors (Lipinski definition) is 3. The van der Waals surface area contributed by atoms with Crippen molar-refractivity contribution in [2.45, 2.75) is 6.92 Å². The Morgan fingerprint density at radius 3 is 2.67 bits per heavy atom. The standard InChI is InChI=1S/C10H8Br2FN5/c1-4-5(11)2-6(12)9(8(4)13)18-17-7(3-14)10(15)16/h2,18H,1H3,(H3,15,16)/b17-7+. The molecule has 1 aromatic carbocycles. The molecule has 1 aromatic rings. The second-order valence-corrected chi connectivity index (χ2v) is 4.96. The molecule has 0 aromatic heterocycles. The monoisotopic (exact) mass is 375 g/mol. The van der Waals surface area contributed by atoms with Crippen LogP contribution in [0.5, 0.6) is 0 Å². The summed E-state index contributed by atoms with van der Waals surface area (Å²) < 4.78 is 15.0. The molecule has 0 unspecified atom stereocenters.